The molecule has 1 aliphatic heterocycles. The molecule has 1 aromatic carbocycles. The van der Waals surface area contributed by atoms with Crippen LogP contribution < -0.4 is 5.32 Å². The Balaban J connectivity index is 1.56. The fourth-order valence-corrected chi connectivity index (χ4v) is 2.97. The number of hydrogen-bond donors (Lipinski definition) is 2. The number of aliphatic hydroxyl groups excluding tert-OH is 1. The predicted octanol–water partition coefficient (Wildman–Crippen LogP) is 1.92. The number of aromatic nitrogens is 2. The number of rotatable bonds is 5. The molecule has 1 aliphatic rings. The van der Waals surface area contributed by atoms with Gasteiger partial charge in [0.2, 0.25) is 0 Å². The molecular weight excluding hydrogens is 311 g/mol. The summed E-state index contributed by atoms with van der Waals surface area (Å²) in [6.45, 7) is 0.452. The van der Waals surface area contributed by atoms with Crippen LogP contribution in [0.4, 0.5) is 15.0 Å². The largest absolute Gasteiger partial charge is 0.391 e. The lowest BCUT2D eigenvalue weighted by Gasteiger charge is -2.16. The summed E-state index contributed by atoms with van der Waals surface area (Å²) in [7, 11) is 0. The number of carbonyl (C=O) groups is 1. The molecule has 2 amide bonds. The van der Waals surface area contributed by atoms with Crippen molar-refractivity contribution in [2.45, 2.75) is 19.1 Å². The molecule has 1 fully saturated rings. The van der Waals surface area contributed by atoms with Crippen LogP contribution in [0.5, 0.6) is 0 Å². The minimum absolute atomic E-state index is 0.0160. The quantitative estimate of drug-likeness (QED) is 0.879. The molecule has 2 N–H and O–H groups in total. The lowest BCUT2D eigenvalue weighted by molar-refractivity contribution is 0.143. The average molecular weight is 332 g/mol. The summed E-state index contributed by atoms with van der Waals surface area (Å²) in [6.07, 6.45) is 1.81. The Kier molecular flexibility index (Phi) is 5.10. The van der Waals surface area contributed by atoms with Gasteiger partial charge >= 0.3 is 6.03 Å². The summed E-state index contributed by atoms with van der Waals surface area (Å²) in [4.78, 5) is 13.9. The molecule has 2 aromatic rings. The number of benzene rings is 1. The number of amides is 2. The van der Waals surface area contributed by atoms with Crippen molar-refractivity contribution in [2.75, 3.05) is 25.1 Å². The number of nitrogens with zero attached hydrogens (tertiary/aromatic N) is 3. The number of carbonyl (C=O) groups excluding carboxylic acids is 1. The molecule has 7 heteroatoms. The Morgan fingerprint density at radius 2 is 2.08 bits per heavy atom. The molecule has 1 saturated heterocycles. The highest BCUT2D eigenvalue weighted by molar-refractivity contribution is 5.88. The Morgan fingerprint density at radius 3 is 2.83 bits per heavy atom. The Bertz CT molecular complexity index is 676. The predicted molar refractivity (Wildman–Crippen MR) is 88.4 cm³/mol. The number of hydrogen-bond acceptors (Lipinski definition) is 3. The van der Waals surface area contributed by atoms with Crippen molar-refractivity contribution in [3.63, 3.8) is 0 Å². The zero-order valence-electron chi connectivity index (χ0n) is 13.3. The van der Waals surface area contributed by atoms with E-state index >= 15 is 0 Å². The Morgan fingerprint density at radius 1 is 1.29 bits per heavy atom. The first-order valence-electron chi connectivity index (χ1n) is 8.03. The van der Waals surface area contributed by atoms with Crippen molar-refractivity contribution >= 4 is 11.8 Å². The molecule has 6 nitrogen and oxygen atoms in total. The monoisotopic (exact) mass is 332 g/mol. The zero-order valence-corrected chi connectivity index (χ0v) is 13.3. The summed E-state index contributed by atoms with van der Waals surface area (Å²) in [6, 6.07) is 11.3. The summed E-state index contributed by atoms with van der Waals surface area (Å²) in [5.74, 6) is 0.400. The van der Waals surface area contributed by atoms with Gasteiger partial charge in [-0.25, -0.2) is 9.18 Å². The van der Waals surface area contributed by atoms with Gasteiger partial charge in [0.15, 0.2) is 5.82 Å². The van der Waals surface area contributed by atoms with Crippen molar-refractivity contribution in [1.82, 2.24) is 14.7 Å². The molecule has 2 atom stereocenters. The highest BCUT2D eigenvalue weighted by Gasteiger charge is 2.34. The average Bonchev–Trinajstić information content (AvgIpc) is 3.16. The maximum absolute atomic E-state index is 12.3. The van der Waals surface area contributed by atoms with Gasteiger partial charge in [-0.3, -0.25) is 10.00 Å². The molecule has 0 unspecified atom stereocenters. The van der Waals surface area contributed by atoms with Crippen LogP contribution in [0.2, 0.25) is 0 Å². The third-order valence-corrected chi connectivity index (χ3v) is 4.22. The summed E-state index contributed by atoms with van der Waals surface area (Å²) in [5.41, 5.74) is 1.15. The van der Waals surface area contributed by atoms with Gasteiger partial charge in [-0.2, -0.15) is 5.10 Å². The fourth-order valence-electron chi connectivity index (χ4n) is 2.97. The van der Waals surface area contributed by atoms with E-state index in [2.05, 4.69) is 10.4 Å². The van der Waals surface area contributed by atoms with E-state index in [0.717, 1.165) is 12.0 Å². The van der Waals surface area contributed by atoms with Crippen molar-refractivity contribution in [2.24, 2.45) is 5.92 Å². The number of likely N-dealkylation sites (tertiary alicyclic amines) is 1. The van der Waals surface area contributed by atoms with Crippen LogP contribution in [0.25, 0.3) is 0 Å². The Hall–Kier alpha value is -2.41. The van der Waals surface area contributed by atoms with E-state index in [0.29, 0.717) is 18.9 Å². The van der Waals surface area contributed by atoms with Gasteiger partial charge in [0.05, 0.1) is 12.6 Å². The van der Waals surface area contributed by atoms with Crippen LogP contribution in [-0.2, 0) is 13.0 Å². The third-order valence-electron chi connectivity index (χ3n) is 4.22. The number of urea groups is 1. The van der Waals surface area contributed by atoms with Crippen LogP contribution in [0.15, 0.2) is 42.6 Å². The highest BCUT2D eigenvalue weighted by Crippen LogP contribution is 2.22. The standard InChI is InChI=1S/C17H21FN4O2/c18-7-9-22-8-6-16(20-22)19-17(24)21-11-14(15(23)12-21)10-13-4-2-1-3-5-13/h1-6,8,14-15,23H,7,9-12H2,(H,19,20,24)/t14-,15-/m1/s1. The first-order chi connectivity index (χ1) is 11.7. The fraction of sp³-hybridized carbons (Fsp3) is 0.412. The molecule has 0 aliphatic carbocycles. The summed E-state index contributed by atoms with van der Waals surface area (Å²) < 4.78 is 13.7. The number of anilines is 1. The first-order valence-corrected chi connectivity index (χ1v) is 8.03. The molecule has 24 heavy (non-hydrogen) atoms. The van der Waals surface area contributed by atoms with Crippen molar-refractivity contribution in [3.8, 4) is 0 Å². The Labute approximate surface area is 139 Å². The van der Waals surface area contributed by atoms with Gasteiger partial charge in [-0.1, -0.05) is 30.3 Å². The molecule has 0 saturated carbocycles. The number of β-amino-alcohol motifs (C(OH)–C–C–N with tert-alkyl or cyclic N) is 1. The molecule has 1 aromatic heterocycles. The SMILES string of the molecule is O=C(Nc1ccn(CCF)n1)N1C[C@@H](Cc2ccccc2)[C@H](O)C1. The van der Waals surface area contributed by atoms with E-state index in [1.54, 1.807) is 17.2 Å². The summed E-state index contributed by atoms with van der Waals surface area (Å²) >= 11 is 0. The minimum atomic E-state index is -0.542. The van der Waals surface area contributed by atoms with Crippen LogP contribution in [0.3, 0.4) is 0 Å². The third kappa shape index (κ3) is 3.91. The van der Waals surface area contributed by atoms with Crippen LogP contribution in [0, 0.1) is 5.92 Å². The van der Waals surface area contributed by atoms with Crippen LogP contribution in [0.1, 0.15) is 5.56 Å². The molecule has 128 valence electrons. The van der Waals surface area contributed by atoms with E-state index in [9.17, 15) is 14.3 Å². The van der Waals surface area contributed by atoms with E-state index in [1.807, 2.05) is 30.3 Å². The number of nitrogens with one attached hydrogen (secondary N) is 1. The zero-order chi connectivity index (χ0) is 16.9. The van der Waals surface area contributed by atoms with Gasteiger partial charge in [-0.15, -0.1) is 0 Å². The highest BCUT2D eigenvalue weighted by atomic mass is 19.1. The normalized spacial score (nSPS) is 20.3. The van der Waals surface area contributed by atoms with Gasteiger partial charge in [0.25, 0.3) is 0 Å². The molecule has 2 heterocycles. The van der Waals surface area contributed by atoms with Crippen molar-refractivity contribution in [1.29, 1.82) is 0 Å². The van der Waals surface area contributed by atoms with Crippen molar-refractivity contribution < 1.29 is 14.3 Å². The maximum atomic E-state index is 12.3. The second-order valence-electron chi connectivity index (χ2n) is 6.01. The lowest BCUT2D eigenvalue weighted by Crippen LogP contribution is -2.33. The lowest BCUT2D eigenvalue weighted by atomic mass is 9.97. The van der Waals surface area contributed by atoms with Gasteiger partial charge < -0.3 is 10.0 Å². The number of halogens is 1. The summed E-state index contributed by atoms with van der Waals surface area (Å²) in [5, 5.41) is 17.0. The van der Waals surface area contributed by atoms with Gasteiger partial charge in [-0.05, 0) is 12.0 Å². The number of aryl methyl sites for hydroxylation is 1. The van der Waals surface area contributed by atoms with Crippen LogP contribution >= 0.6 is 0 Å². The molecule has 0 bridgehead atoms. The van der Waals surface area contributed by atoms with Crippen molar-refractivity contribution in [3.05, 3.63) is 48.2 Å². The topological polar surface area (TPSA) is 70.4 Å². The number of aliphatic hydroxyl groups is 1. The maximum Gasteiger partial charge on any atom is 0.323 e. The molecule has 3 rings (SSSR count). The van der Waals surface area contributed by atoms with E-state index in [4.69, 9.17) is 0 Å². The smallest absolute Gasteiger partial charge is 0.323 e. The number of alkyl halides is 1. The second-order valence-corrected chi connectivity index (χ2v) is 6.01. The molecular formula is C17H21FN4O2. The van der Waals surface area contributed by atoms with Gasteiger partial charge in [0, 0.05) is 31.3 Å². The van der Waals surface area contributed by atoms with E-state index in [1.165, 1.54) is 4.68 Å². The van der Waals surface area contributed by atoms with Gasteiger partial charge in [0.1, 0.15) is 6.67 Å². The first kappa shape index (κ1) is 16.4. The minimum Gasteiger partial charge on any atom is -0.391 e. The molecule has 0 radical (unpaired) electrons. The van der Waals surface area contributed by atoms with E-state index in [-0.39, 0.29) is 18.5 Å². The van der Waals surface area contributed by atoms with E-state index < -0.39 is 12.8 Å². The molecule has 0 spiro atoms. The van der Waals surface area contributed by atoms with Crippen LogP contribution in [-0.4, -0.2) is 51.7 Å². The second kappa shape index (κ2) is 7.44.